The molecule has 0 bridgehead atoms. The van der Waals surface area contributed by atoms with Gasteiger partial charge in [0.1, 0.15) is 0 Å². The van der Waals surface area contributed by atoms with Crippen LogP contribution in [-0.4, -0.2) is 30.1 Å². The molecular formula is C15H24N2S. The Morgan fingerprint density at radius 3 is 2.78 bits per heavy atom. The van der Waals surface area contributed by atoms with E-state index < -0.39 is 0 Å². The molecule has 3 rings (SSSR count). The smallest absolute Gasteiger partial charge is 0.0328 e. The molecule has 3 heteroatoms. The third kappa shape index (κ3) is 3.34. The van der Waals surface area contributed by atoms with Crippen molar-refractivity contribution in [3.8, 4) is 0 Å². The van der Waals surface area contributed by atoms with Gasteiger partial charge in [-0.15, -0.1) is 11.3 Å². The third-order valence-corrected chi connectivity index (χ3v) is 5.21. The van der Waals surface area contributed by atoms with Gasteiger partial charge in [-0.3, -0.25) is 4.90 Å². The number of thiophene rings is 1. The van der Waals surface area contributed by atoms with Gasteiger partial charge in [-0.05, 0) is 50.8 Å². The number of hydrogen-bond donors (Lipinski definition) is 1. The molecule has 1 saturated carbocycles. The first-order valence-electron chi connectivity index (χ1n) is 7.39. The summed E-state index contributed by atoms with van der Waals surface area (Å²) in [5.74, 6) is 0. The fourth-order valence-corrected chi connectivity index (χ4v) is 3.84. The minimum Gasteiger partial charge on any atom is -0.310 e. The van der Waals surface area contributed by atoms with Crippen LogP contribution in [0.5, 0.6) is 0 Å². The van der Waals surface area contributed by atoms with Crippen molar-refractivity contribution >= 4 is 11.3 Å². The molecule has 2 nitrogen and oxygen atoms in total. The van der Waals surface area contributed by atoms with Gasteiger partial charge in [-0.25, -0.2) is 0 Å². The van der Waals surface area contributed by atoms with E-state index in [1.807, 2.05) is 11.3 Å². The van der Waals surface area contributed by atoms with E-state index in [4.69, 9.17) is 0 Å². The second-order valence-electron chi connectivity index (χ2n) is 5.74. The van der Waals surface area contributed by atoms with Crippen LogP contribution >= 0.6 is 11.3 Å². The Labute approximate surface area is 114 Å². The molecule has 1 saturated heterocycles. The standard InChI is InChI=1S/C15H24N2S/c1-2-14-7-8-15(18-14)11-17-9-3-4-13(10-17)16-12-5-6-12/h7-8,12-13,16H,2-6,9-11H2,1H3. The van der Waals surface area contributed by atoms with Crippen LogP contribution in [0, 0.1) is 0 Å². The number of hydrogen-bond acceptors (Lipinski definition) is 3. The summed E-state index contributed by atoms with van der Waals surface area (Å²) in [5, 5.41) is 3.79. The lowest BCUT2D eigenvalue weighted by Gasteiger charge is -2.33. The first-order chi connectivity index (χ1) is 8.83. The molecule has 100 valence electrons. The Balaban J connectivity index is 1.51. The van der Waals surface area contributed by atoms with Crippen molar-refractivity contribution in [1.29, 1.82) is 0 Å². The summed E-state index contributed by atoms with van der Waals surface area (Å²) < 4.78 is 0. The van der Waals surface area contributed by atoms with Crippen LogP contribution in [-0.2, 0) is 13.0 Å². The van der Waals surface area contributed by atoms with Crippen LogP contribution in [0.1, 0.15) is 42.4 Å². The maximum atomic E-state index is 3.79. The highest BCUT2D eigenvalue weighted by Gasteiger charge is 2.27. The normalized spacial score (nSPS) is 25.5. The Bertz CT molecular complexity index is 384. The van der Waals surface area contributed by atoms with Crippen LogP contribution in [0.2, 0.25) is 0 Å². The van der Waals surface area contributed by atoms with E-state index in [9.17, 15) is 0 Å². The molecule has 0 amide bonds. The predicted molar refractivity (Wildman–Crippen MR) is 78.2 cm³/mol. The van der Waals surface area contributed by atoms with Gasteiger partial charge in [-0.2, -0.15) is 0 Å². The van der Waals surface area contributed by atoms with Crippen LogP contribution in [0.25, 0.3) is 0 Å². The van der Waals surface area contributed by atoms with E-state index in [1.165, 1.54) is 50.1 Å². The fourth-order valence-electron chi connectivity index (χ4n) is 2.84. The molecule has 2 heterocycles. The fraction of sp³-hybridized carbons (Fsp3) is 0.733. The van der Waals surface area contributed by atoms with Gasteiger partial charge in [0.15, 0.2) is 0 Å². The molecular weight excluding hydrogens is 240 g/mol. The molecule has 1 N–H and O–H groups in total. The molecule has 1 aromatic heterocycles. The minimum atomic E-state index is 0.747. The Morgan fingerprint density at radius 1 is 1.22 bits per heavy atom. The first-order valence-corrected chi connectivity index (χ1v) is 8.21. The lowest BCUT2D eigenvalue weighted by atomic mass is 10.1. The monoisotopic (exact) mass is 264 g/mol. The van der Waals surface area contributed by atoms with Crippen molar-refractivity contribution in [3.05, 3.63) is 21.9 Å². The lowest BCUT2D eigenvalue weighted by Crippen LogP contribution is -2.45. The van der Waals surface area contributed by atoms with Gasteiger partial charge < -0.3 is 5.32 Å². The summed E-state index contributed by atoms with van der Waals surface area (Å²) in [6.07, 6.45) is 6.72. The second-order valence-corrected chi connectivity index (χ2v) is 6.99. The number of piperidine rings is 1. The largest absolute Gasteiger partial charge is 0.310 e. The van der Waals surface area contributed by atoms with Crippen LogP contribution < -0.4 is 5.32 Å². The van der Waals surface area contributed by atoms with Crippen molar-refractivity contribution in [2.24, 2.45) is 0 Å². The van der Waals surface area contributed by atoms with Gasteiger partial charge in [-0.1, -0.05) is 6.92 Å². The van der Waals surface area contributed by atoms with Crippen molar-refractivity contribution in [3.63, 3.8) is 0 Å². The molecule has 2 fully saturated rings. The zero-order valence-corrected chi connectivity index (χ0v) is 12.1. The van der Waals surface area contributed by atoms with E-state index in [-0.39, 0.29) is 0 Å². The quantitative estimate of drug-likeness (QED) is 0.879. The molecule has 1 aliphatic carbocycles. The van der Waals surface area contributed by atoms with E-state index in [1.54, 1.807) is 4.88 Å². The summed E-state index contributed by atoms with van der Waals surface area (Å²) >= 11 is 1.99. The van der Waals surface area contributed by atoms with E-state index >= 15 is 0 Å². The number of nitrogens with one attached hydrogen (secondary N) is 1. The lowest BCUT2D eigenvalue weighted by molar-refractivity contribution is 0.184. The Morgan fingerprint density at radius 2 is 2.06 bits per heavy atom. The molecule has 2 aliphatic rings. The number of rotatable bonds is 5. The SMILES string of the molecule is CCc1ccc(CN2CCCC(NC3CC3)C2)s1. The molecule has 1 aromatic rings. The number of nitrogens with zero attached hydrogens (tertiary/aromatic N) is 1. The second kappa shape index (κ2) is 5.72. The van der Waals surface area contributed by atoms with E-state index in [2.05, 4.69) is 29.3 Å². The summed E-state index contributed by atoms with van der Waals surface area (Å²) in [7, 11) is 0. The van der Waals surface area contributed by atoms with Crippen molar-refractivity contribution in [2.75, 3.05) is 13.1 Å². The van der Waals surface area contributed by atoms with E-state index in [0.717, 1.165) is 18.6 Å². The van der Waals surface area contributed by atoms with E-state index in [0.29, 0.717) is 0 Å². The molecule has 1 atom stereocenters. The van der Waals surface area contributed by atoms with Crippen LogP contribution in [0.3, 0.4) is 0 Å². The topological polar surface area (TPSA) is 15.3 Å². The maximum Gasteiger partial charge on any atom is 0.0328 e. The molecule has 18 heavy (non-hydrogen) atoms. The van der Waals surface area contributed by atoms with Gasteiger partial charge in [0.25, 0.3) is 0 Å². The summed E-state index contributed by atoms with van der Waals surface area (Å²) in [6, 6.07) is 6.21. The maximum absolute atomic E-state index is 3.79. The number of aryl methyl sites for hydroxylation is 1. The molecule has 1 unspecified atom stereocenters. The first kappa shape index (κ1) is 12.6. The predicted octanol–water partition coefficient (Wildman–Crippen LogP) is 3.03. The highest BCUT2D eigenvalue weighted by atomic mass is 32.1. The molecule has 0 aromatic carbocycles. The Hall–Kier alpha value is -0.380. The van der Waals surface area contributed by atoms with Gasteiger partial charge in [0, 0.05) is 34.9 Å². The van der Waals surface area contributed by atoms with Gasteiger partial charge in [0.05, 0.1) is 0 Å². The Kier molecular flexibility index (Phi) is 4.02. The third-order valence-electron chi connectivity index (χ3n) is 4.00. The van der Waals surface area contributed by atoms with Gasteiger partial charge in [0.2, 0.25) is 0 Å². The van der Waals surface area contributed by atoms with Gasteiger partial charge >= 0.3 is 0 Å². The summed E-state index contributed by atoms with van der Waals surface area (Å²) in [6.45, 7) is 5.93. The molecule has 0 spiro atoms. The molecule has 0 radical (unpaired) electrons. The summed E-state index contributed by atoms with van der Waals surface area (Å²) in [4.78, 5) is 5.70. The van der Waals surface area contributed by atoms with Crippen molar-refractivity contribution in [2.45, 2.75) is 57.7 Å². The zero-order chi connectivity index (χ0) is 12.4. The van der Waals surface area contributed by atoms with Crippen molar-refractivity contribution < 1.29 is 0 Å². The van der Waals surface area contributed by atoms with Crippen molar-refractivity contribution in [1.82, 2.24) is 10.2 Å². The zero-order valence-electron chi connectivity index (χ0n) is 11.3. The minimum absolute atomic E-state index is 0.747. The highest BCUT2D eigenvalue weighted by molar-refractivity contribution is 7.11. The number of likely N-dealkylation sites (tertiary alicyclic amines) is 1. The highest BCUT2D eigenvalue weighted by Crippen LogP contribution is 2.24. The summed E-state index contributed by atoms with van der Waals surface area (Å²) in [5.41, 5.74) is 0. The average molecular weight is 264 g/mol. The molecule has 1 aliphatic heterocycles. The average Bonchev–Trinajstić information content (AvgIpc) is 3.07. The van der Waals surface area contributed by atoms with Crippen LogP contribution in [0.4, 0.5) is 0 Å². The van der Waals surface area contributed by atoms with Crippen LogP contribution in [0.15, 0.2) is 12.1 Å².